The molecule has 1 aromatic rings. The Labute approximate surface area is 125 Å². The van der Waals surface area contributed by atoms with Crippen molar-refractivity contribution in [2.75, 3.05) is 4.90 Å². The van der Waals surface area contributed by atoms with E-state index in [2.05, 4.69) is 15.9 Å². The summed E-state index contributed by atoms with van der Waals surface area (Å²) in [5, 5.41) is 9.39. The highest BCUT2D eigenvalue weighted by molar-refractivity contribution is 9.10. The van der Waals surface area contributed by atoms with E-state index in [1.807, 2.05) is 0 Å². The minimum atomic E-state index is -2.48. The zero-order valence-corrected chi connectivity index (χ0v) is 12.5. The van der Waals surface area contributed by atoms with E-state index in [0.717, 1.165) is 9.37 Å². The highest BCUT2D eigenvalue weighted by atomic mass is 79.9. The number of benzene rings is 1. The predicted molar refractivity (Wildman–Crippen MR) is 80.6 cm³/mol. The van der Waals surface area contributed by atoms with Crippen LogP contribution in [0.15, 0.2) is 53.0 Å². The number of anilines is 1. The van der Waals surface area contributed by atoms with Gasteiger partial charge in [-0.25, -0.2) is 4.79 Å². The smallest absolute Gasteiger partial charge is 0.412 e. The van der Waals surface area contributed by atoms with E-state index in [1.165, 1.54) is 12.2 Å². The Bertz CT molecular complexity index is 711. The quantitative estimate of drug-likeness (QED) is 0.827. The molecule has 104 valence electrons. The van der Waals surface area contributed by atoms with Crippen molar-refractivity contribution in [3.05, 3.63) is 53.0 Å². The molecule has 1 amide bonds. The molecule has 2 rings (SSSR count). The fraction of sp³-hybridized carbons (Fsp3) is 0.0769. The Morgan fingerprint density at radius 2 is 1.85 bits per heavy atom. The molecule has 5 nitrogen and oxygen atoms in total. The van der Waals surface area contributed by atoms with Crippen LogP contribution in [0.3, 0.4) is 0 Å². The zero-order valence-electron chi connectivity index (χ0n) is 10.1. The molecule has 1 aliphatic rings. The van der Waals surface area contributed by atoms with Gasteiger partial charge in [-0.1, -0.05) is 34.2 Å². The van der Waals surface area contributed by atoms with E-state index >= 15 is 0 Å². The van der Waals surface area contributed by atoms with E-state index < -0.39 is 22.4 Å². The molecule has 1 aromatic carbocycles. The third-order valence-electron chi connectivity index (χ3n) is 2.74. The summed E-state index contributed by atoms with van der Waals surface area (Å²) in [7, 11) is -2.48. The molecule has 0 aliphatic heterocycles. The molecule has 0 fully saturated rings. The second-order valence-corrected chi connectivity index (χ2v) is 5.81. The number of carbonyl (C=O) groups is 1. The summed E-state index contributed by atoms with van der Waals surface area (Å²) in [5.41, 5.74) is 0.397. The summed E-state index contributed by atoms with van der Waals surface area (Å²) in [6.45, 7) is 0. The van der Waals surface area contributed by atoms with E-state index in [1.54, 1.807) is 36.4 Å². The van der Waals surface area contributed by atoms with Crippen molar-refractivity contribution in [1.82, 2.24) is 0 Å². The summed E-state index contributed by atoms with van der Waals surface area (Å²) in [6, 6.07) is 5.74. The summed E-state index contributed by atoms with van der Waals surface area (Å²) in [5.74, 6) is 0. The fourth-order valence-electron chi connectivity index (χ4n) is 1.87. The molecular weight excluding hydrogens is 346 g/mol. The van der Waals surface area contributed by atoms with Crippen LogP contribution in [0.1, 0.15) is 0 Å². The average Bonchev–Trinajstić information content (AvgIpc) is 2.41. The maximum atomic E-state index is 11.5. The van der Waals surface area contributed by atoms with Crippen molar-refractivity contribution < 1.29 is 18.3 Å². The van der Waals surface area contributed by atoms with Gasteiger partial charge in [-0.05, 0) is 30.3 Å². The van der Waals surface area contributed by atoms with Gasteiger partial charge in [-0.2, -0.15) is 8.42 Å². The average molecular weight is 356 g/mol. The molecule has 0 saturated carbocycles. The maximum Gasteiger partial charge on any atom is 0.412 e. The number of rotatable bonds is 2. The van der Waals surface area contributed by atoms with Crippen LogP contribution in [0.4, 0.5) is 10.5 Å². The number of hydrogen-bond acceptors (Lipinski definition) is 3. The third-order valence-corrected chi connectivity index (χ3v) is 4.03. The molecule has 1 unspecified atom stereocenters. The molecule has 0 radical (unpaired) electrons. The van der Waals surface area contributed by atoms with Gasteiger partial charge in [0.15, 0.2) is 0 Å². The van der Waals surface area contributed by atoms with Crippen molar-refractivity contribution in [2.45, 2.75) is 6.04 Å². The Hall–Kier alpha value is -1.86. The van der Waals surface area contributed by atoms with E-state index in [4.69, 9.17) is 0 Å². The van der Waals surface area contributed by atoms with Crippen molar-refractivity contribution in [3.63, 3.8) is 0 Å². The lowest BCUT2D eigenvalue weighted by Gasteiger charge is -2.27. The van der Waals surface area contributed by atoms with Crippen LogP contribution in [0, 0.1) is 0 Å². The van der Waals surface area contributed by atoms with Crippen LogP contribution in [-0.4, -0.2) is 30.5 Å². The SMILES string of the molecule is O=C(O)N(c1ccc(Br)cc1)C1C=CC=CC1=S(=O)=O. The monoisotopic (exact) mass is 355 g/mol. The topological polar surface area (TPSA) is 74.7 Å². The van der Waals surface area contributed by atoms with Gasteiger partial charge in [0, 0.05) is 10.2 Å². The first-order valence-electron chi connectivity index (χ1n) is 5.59. The van der Waals surface area contributed by atoms with Crippen molar-refractivity contribution in [1.29, 1.82) is 0 Å². The summed E-state index contributed by atoms with van der Waals surface area (Å²) in [4.78, 5) is 12.5. The molecule has 1 aliphatic carbocycles. The van der Waals surface area contributed by atoms with Gasteiger partial charge in [0.05, 0.1) is 10.9 Å². The molecule has 7 heteroatoms. The van der Waals surface area contributed by atoms with Crippen LogP contribution in [-0.2, 0) is 10.3 Å². The lowest BCUT2D eigenvalue weighted by Crippen LogP contribution is -2.44. The van der Waals surface area contributed by atoms with Gasteiger partial charge < -0.3 is 5.11 Å². The lowest BCUT2D eigenvalue weighted by molar-refractivity contribution is 0.201. The van der Waals surface area contributed by atoms with Gasteiger partial charge in [0.25, 0.3) is 0 Å². The molecule has 0 aromatic heterocycles. The zero-order chi connectivity index (χ0) is 14.7. The Kier molecular flexibility index (Phi) is 4.41. The van der Waals surface area contributed by atoms with Crippen LogP contribution < -0.4 is 4.90 Å². The fourth-order valence-corrected chi connectivity index (χ4v) is 2.71. The lowest BCUT2D eigenvalue weighted by atomic mass is 10.1. The molecular formula is C13H10BrNO4S. The number of nitrogens with zero attached hydrogens (tertiary/aromatic N) is 1. The molecule has 1 N–H and O–H groups in total. The van der Waals surface area contributed by atoms with Crippen LogP contribution in [0.25, 0.3) is 0 Å². The van der Waals surface area contributed by atoms with Gasteiger partial charge in [-0.3, -0.25) is 4.90 Å². The molecule has 0 bridgehead atoms. The highest BCUT2D eigenvalue weighted by Gasteiger charge is 2.28. The number of carboxylic acid groups (broad SMARTS) is 1. The third kappa shape index (κ3) is 3.00. The first kappa shape index (κ1) is 14.5. The minimum absolute atomic E-state index is 0.0119. The molecule has 0 saturated heterocycles. The van der Waals surface area contributed by atoms with E-state index in [9.17, 15) is 18.3 Å². The largest absolute Gasteiger partial charge is 0.465 e. The first-order chi connectivity index (χ1) is 9.50. The molecule has 1 atom stereocenters. The molecule has 0 heterocycles. The molecule has 0 spiro atoms. The minimum Gasteiger partial charge on any atom is -0.465 e. The summed E-state index contributed by atoms with van der Waals surface area (Å²) in [6.07, 6.45) is 4.88. The second-order valence-electron chi connectivity index (χ2n) is 3.95. The van der Waals surface area contributed by atoms with Crippen LogP contribution in [0.5, 0.6) is 0 Å². The Balaban J connectivity index is 2.52. The van der Waals surface area contributed by atoms with Crippen LogP contribution in [0.2, 0.25) is 0 Å². The Morgan fingerprint density at radius 1 is 1.20 bits per heavy atom. The predicted octanol–water partition coefficient (Wildman–Crippen LogP) is 2.48. The second kappa shape index (κ2) is 6.06. The number of amides is 1. The van der Waals surface area contributed by atoms with Crippen LogP contribution >= 0.6 is 15.9 Å². The van der Waals surface area contributed by atoms with Crippen molar-refractivity contribution in [2.24, 2.45) is 0 Å². The number of hydrogen-bond donors (Lipinski definition) is 1. The van der Waals surface area contributed by atoms with E-state index in [0.29, 0.717) is 5.69 Å². The summed E-state index contributed by atoms with van der Waals surface area (Å²) < 4.78 is 23.3. The summed E-state index contributed by atoms with van der Waals surface area (Å²) >= 11 is 3.27. The number of halogens is 1. The Morgan fingerprint density at radius 3 is 2.40 bits per heavy atom. The van der Waals surface area contributed by atoms with Gasteiger partial charge >= 0.3 is 6.09 Å². The standard InChI is InChI=1S/C13H10BrNO4S/c14-9-5-7-10(8-6-9)15(13(16)17)11-3-1-2-4-12(11)20(18)19/h1-8,11H,(H,16,17). The van der Waals surface area contributed by atoms with E-state index in [-0.39, 0.29) is 4.86 Å². The van der Waals surface area contributed by atoms with Crippen molar-refractivity contribution >= 4 is 42.9 Å². The number of allylic oxidation sites excluding steroid dienone is 2. The van der Waals surface area contributed by atoms with Gasteiger partial charge in [-0.15, -0.1) is 0 Å². The van der Waals surface area contributed by atoms with Crippen molar-refractivity contribution in [3.8, 4) is 0 Å². The normalized spacial score (nSPS) is 17.1. The maximum absolute atomic E-state index is 11.5. The first-order valence-corrected chi connectivity index (χ1v) is 7.46. The molecule has 20 heavy (non-hydrogen) atoms. The van der Waals surface area contributed by atoms with Gasteiger partial charge in [0.2, 0.25) is 10.3 Å². The highest BCUT2D eigenvalue weighted by Crippen LogP contribution is 2.23. The van der Waals surface area contributed by atoms with Gasteiger partial charge in [0.1, 0.15) is 0 Å².